The lowest BCUT2D eigenvalue weighted by Crippen LogP contribution is -2.19. The largest absolute Gasteiger partial charge is 0.469 e. The summed E-state index contributed by atoms with van der Waals surface area (Å²) in [5.41, 5.74) is 0. The SMILES string of the molecule is CCCCCCC#C[C@@H]1[C@H](CCCCCCC(=O)OC)C(=O)C[C@@H]1O. The van der Waals surface area contributed by atoms with Gasteiger partial charge in [-0.2, -0.15) is 0 Å². The molecule has 0 aromatic carbocycles. The zero-order valence-electron chi connectivity index (χ0n) is 15.9. The lowest BCUT2D eigenvalue weighted by molar-refractivity contribution is -0.140. The molecular formula is C21H34O4. The summed E-state index contributed by atoms with van der Waals surface area (Å²) in [6.45, 7) is 2.19. The Balaban J connectivity index is 2.30. The smallest absolute Gasteiger partial charge is 0.305 e. The van der Waals surface area contributed by atoms with Gasteiger partial charge in [0.25, 0.3) is 0 Å². The monoisotopic (exact) mass is 350 g/mol. The first kappa shape index (κ1) is 21.7. The van der Waals surface area contributed by atoms with E-state index in [2.05, 4.69) is 23.5 Å². The van der Waals surface area contributed by atoms with Gasteiger partial charge in [0, 0.05) is 25.2 Å². The zero-order valence-corrected chi connectivity index (χ0v) is 15.9. The molecule has 1 aliphatic carbocycles. The summed E-state index contributed by atoms with van der Waals surface area (Å²) in [5, 5.41) is 10.1. The van der Waals surface area contributed by atoms with Gasteiger partial charge in [-0.15, -0.1) is 5.92 Å². The Labute approximate surface area is 152 Å². The van der Waals surface area contributed by atoms with E-state index in [1.54, 1.807) is 0 Å². The minimum absolute atomic E-state index is 0.112. The van der Waals surface area contributed by atoms with Gasteiger partial charge >= 0.3 is 5.97 Å². The lowest BCUT2D eigenvalue weighted by atomic mass is 9.89. The van der Waals surface area contributed by atoms with Crippen LogP contribution in [-0.2, 0) is 14.3 Å². The molecule has 0 radical (unpaired) electrons. The van der Waals surface area contributed by atoms with Crippen LogP contribution in [0.5, 0.6) is 0 Å². The van der Waals surface area contributed by atoms with E-state index in [4.69, 9.17) is 0 Å². The van der Waals surface area contributed by atoms with Crippen molar-refractivity contribution < 1.29 is 19.4 Å². The Hall–Kier alpha value is -1.34. The predicted molar refractivity (Wildman–Crippen MR) is 98.9 cm³/mol. The fourth-order valence-corrected chi connectivity index (χ4v) is 3.41. The van der Waals surface area contributed by atoms with Crippen LogP contribution in [0.1, 0.15) is 84.0 Å². The van der Waals surface area contributed by atoms with Crippen molar-refractivity contribution in [3.63, 3.8) is 0 Å². The van der Waals surface area contributed by atoms with E-state index in [0.717, 1.165) is 44.9 Å². The van der Waals surface area contributed by atoms with Gasteiger partial charge in [-0.1, -0.05) is 51.4 Å². The molecule has 0 aromatic heterocycles. The van der Waals surface area contributed by atoms with Crippen molar-refractivity contribution in [1.82, 2.24) is 0 Å². The van der Waals surface area contributed by atoms with Crippen LogP contribution in [0.4, 0.5) is 0 Å². The summed E-state index contributed by atoms with van der Waals surface area (Å²) in [6.07, 6.45) is 10.3. The third-order valence-corrected chi connectivity index (χ3v) is 4.97. The number of unbranched alkanes of at least 4 members (excludes halogenated alkanes) is 7. The number of methoxy groups -OCH3 is 1. The van der Waals surface area contributed by atoms with Crippen molar-refractivity contribution in [1.29, 1.82) is 0 Å². The first-order chi connectivity index (χ1) is 12.1. The molecule has 0 aromatic rings. The van der Waals surface area contributed by atoms with Gasteiger partial charge < -0.3 is 9.84 Å². The molecule has 0 amide bonds. The molecule has 1 rings (SSSR count). The molecule has 4 heteroatoms. The molecule has 1 fully saturated rings. The molecule has 1 N–H and O–H groups in total. The predicted octanol–water partition coefficient (Wildman–Crippen LogP) is 4.04. The number of esters is 1. The van der Waals surface area contributed by atoms with Crippen LogP contribution < -0.4 is 0 Å². The molecule has 0 unspecified atom stereocenters. The lowest BCUT2D eigenvalue weighted by Gasteiger charge is -2.15. The Bertz CT molecular complexity index is 460. The quantitative estimate of drug-likeness (QED) is 0.347. The molecule has 0 saturated heterocycles. The maximum atomic E-state index is 12.1. The normalized spacial score (nSPS) is 22.5. The van der Waals surface area contributed by atoms with Crippen molar-refractivity contribution in [3.05, 3.63) is 0 Å². The Morgan fingerprint density at radius 2 is 1.88 bits per heavy atom. The number of Topliss-reactive ketones (excluding diaryl/α,β-unsaturated/α-hetero) is 1. The number of aliphatic hydroxyl groups is 1. The summed E-state index contributed by atoms with van der Waals surface area (Å²) < 4.78 is 4.62. The zero-order chi connectivity index (χ0) is 18.5. The molecule has 142 valence electrons. The summed E-state index contributed by atoms with van der Waals surface area (Å²) in [5.74, 6) is 6.06. The van der Waals surface area contributed by atoms with Gasteiger partial charge in [0.15, 0.2) is 0 Å². The number of hydrogen-bond acceptors (Lipinski definition) is 4. The summed E-state index contributed by atoms with van der Waals surface area (Å²) >= 11 is 0. The average molecular weight is 350 g/mol. The Morgan fingerprint density at radius 1 is 1.16 bits per heavy atom. The highest BCUT2D eigenvalue weighted by molar-refractivity contribution is 5.84. The number of hydrogen-bond donors (Lipinski definition) is 1. The van der Waals surface area contributed by atoms with E-state index in [9.17, 15) is 14.7 Å². The van der Waals surface area contributed by atoms with E-state index in [1.165, 1.54) is 26.4 Å². The van der Waals surface area contributed by atoms with E-state index < -0.39 is 6.10 Å². The van der Waals surface area contributed by atoms with Crippen molar-refractivity contribution >= 4 is 11.8 Å². The summed E-state index contributed by atoms with van der Waals surface area (Å²) in [4.78, 5) is 23.2. The fourth-order valence-electron chi connectivity index (χ4n) is 3.41. The molecule has 1 aliphatic rings. The van der Waals surface area contributed by atoms with Crippen LogP contribution in [0.2, 0.25) is 0 Å². The Morgan fingerprint density at radius 3 is 2.60 bits per heavy atom. The number of aliphatic hydroxyl groups excluding tert-OH is 1. The Kier molecular flexibility index (Phi) is 11.2. The van der Waals surface area contributed by atoms with Crippen LogP contribution in [0.25, 0.3) is 0 Å². The highest BCUT2D eigenvalue weighted by atomic mass is 16.5. The maximum absolute atomic E-state index is 12.1. The molecule has 0 aliphatic heterocycles. The number of ketones is 1. The van der Waals surface area contributed by atoms with E-state index >= 15 is 0 Å². The standard InChI is InChI=1S/C21H34O4/c1-3-4-5-6-7-10-13-17-18(20(23)16-19(17)22)14-11-8-9-12-15-21(24)25-2/h17-19,22H,3-9,11-12,14-16H2,1-2H3/t17-,18+,19+/m1/s1. The average Bonchev–Trinajstić information content (AvgIpc) is 2.87. The topological polar surface area (TPSA) is 63.6 Å². The molecule has 0 bridgehead atoms. The van der Waals surface area contributed by atoms with Gasteiger partial charge in [0.2, 0.25) is 0 Å². The minimum Gasteiger partial charge on any atom is -0.469 e. The molecule has 25 heavy (non-hydrogen) atoms. The van der Waals surface area contributed by atoms with Crippen LogP contribution in [0, 0.1) is 23.7 Å². The van der Waals surface area contributed by atoms with Crippen molar-refractivity contribution in [2.24, 2.45) is 11.8 Å². The van der Waals surface area contributed by atoms with E-state index in [1.807, 2.05) is 0 Å². The molecular weight excluding hydrogens is 316 g/mol. The van der Waals surface area contributed by atoms with E-state index in [-0.39, 0.29) is 30.0 Å². The van der Waals surface area contributed by atoms with Crippen LogP contribution in [0.15, 0.2) is 0 Å². The number of rotatable bonds is 11. The molecule has 4 nitrogen and oxygen atoms in total. The number of ether oxygens (including phenoxy) is 1. The summed E-state index contributed by atoms with van der Waals surface area (Å²) in [7, 11) is 1.41. The van der Waals surface area contributed by atoms with Gasteiger partial charge in [-0.25, -0.2) is 0 Å². The second kappa shape index (κ2) is 12.9. The molecule has 0 spiro atoms. The molecule has 1 saturated carbocycles. The van der Waals surface area contributed by atoms with E-state index in [0.29, 0.717) is 6.42 Å². The van der Waals surface area contributed by atoms with Crippen molar-refractivity contribution in [2.45, 2.75) is 90.1 Å². The van der Waals surface area contributed by atoms with Gasteiger partial charge in [-0.3, -0.25) is 9.59 Å². The first-order valence-corrected chi connectivity index (χ1v) is 9.86. The van der Waals surface area contributed by atoms with Gasteiger partial charge in [0.1, 0.15) is 5.78 Å². The third kappa shape index (κ3) is 8.54. The second-order valence-electron chi connectivity index (χ2n) is 7.03. The fraction of sp³-hybridized carbons (Fsp3) is 0.810. The minimum atomic E-state index is -0.597. The highest BCUT2D eigenvalue weighted by Gasteiger charge is 2.39. The maximum Gasteiger partial charge on any atom is 0.305 e. The highest BCUT2D eigenvalue weighted by Crippen LogP contribution is 2.33. The van der Waals surface area contributed by atoms with Crippen molar-refractivity contribution in [2.75, 3.05) is 7.11 Å². The second-order valence-corrected chi connectivity index (χ2v) is 7.03. The van der Waals surface area contributed by atoms with Crippen LogP contribution in [-0.4, -0.2) is 30.1 Å². The first-order valence-electron chi connectivity index (χ1n) is 9.86. The molecule has 3 atom stereocenters. The van der Waals surface area contributed by atoms with Crippen LogP contribution in [0.3, 0.4) is 0 Å². The van der Waals surface area contributed by atoms with Crippen molar-refractivity contribution in [3.8, 4) is 11.8 Å². The number of carbonyl (C=O) groups is 2. The van der Waals surface area contributed by atoms with Gasteiger partial charge in [0.05, 0.1) is 19.1 Å². The number of carbonyl (C=O) groups excluding carboxylic acids is 2. The summed E-state index contributed by atoms with van der Waals surface area (Å²) in [6, 6.07) is 0. The van der Waals surface area contributed by atoms with Crippen LogP contribution >= 0.6 is 0 Å². The third-order valence-electron chi connectivity index (χ3n) is 4.97. The molecule has 0 heterocycles. The van der Waals surface area contributed by atoms with Gasteiger partial charge in [-0.05, 0) is 19.3 Å².